The van der Waals surface area contributed by atoms with E-state index in [0.29, 0.717) is 29.6 Å². The molecule has 140 heavy (non-hydrogen) atoms. The predicted molar refractivity (Wildman–Crippen MR) is 605 cm³/mol. The Kier molecular flexibility index (Phi) is 26.2. The highest BCUT2D eigenvalue weighted by atomic mass is 15.2. The van der Waals surface area contributed by atoms with Gasteiger partial charge in [0.2, 0.25) is 0 Å². The van der Waals surface area contributed by atoms with Crippen LogP contribution in [0.1, 0.15) is 446 Å². The molecule has 4 heteroatoms. The Morgan fingerprint density at radius 2 is 0.393 bits per heavy atom. The van der Waals surface area contributed by atoms with Gasteiger partial charge in [-0.2, -0.15) is 0 Å². The summed E-state index contributed by atoms with van der Waals surface area (Å²) in [6.45, 7) is 61.9. The molecule has 0 heterocycles. The summed E-state index contributed by atoms with van der Waals surface area (Å²) in [6, 6.07) is 93.8. The van der Waals surface area contributed by atoms with E-state index in [-0.39, 0.29) is 54.6 Å². The summed E-state index contributed by atoms with van der Waals surface area (Å²) < 4.78 is 0. The molecule has 0 amide bonds. The second-order valence-corrected chi connectivity index (χ2v) is 52.4. The van der Waals surface area contributed by atoms with E-state index < -0.39 is 0 Å². The van der Waals surface area contributed by atoms with Crippen molar-refractivity contribution in [2.24, 2.45) is 0 Å². The first-order chi connectivity index (χ1) is 66.3. The third kappa shape index (κ3) is 18.5. The smallest absolute Gasteiger partial charge is 0.0460 e. The lowest BCUT2D eigenvalue weighted by molar-refractivity contribution is 0.438. The summed E-state index contributed by atoms with van der Waals surface area (Å²) in [6.07, 6.45) is 29.6. The minimum Gasteiger partial charge on any atom is -0.336 e. The summed E-state index contributed by atoms with van der Waals surface area (Å²) >= 11 is 0. The number of benzene rings is 12. The van der Waals surface area contributed by atoms with Gasteiger partial charge in [-0.1, -0.05) is 355 Å². The van der Waals surface area contributed by atoms with Crippen molar-refractivity contribution < 1.29 is 0 Å². The van der Waals surface area contributed by atoms with Crippen LogP contribution >= 0.6 is 0 Å². The number of para-hydroxylation sites is 4. The van der Waals surface area contributed by atoms with Gasteiger partial charge in [0.05, 0.1) is 0 Å². The molecule has 0 radical (unpaired) electrons. The zero-order chi connectivity index (χ0) is 99.1. The summed E-state index contributed by atoms with van der Waals surface area (Å²) in [5.74, 6) is 4.11. The number of fused-ring (bicyclic) bond motifs is 12. The summed E-state index contributed by atoms with van der Waals surface area (Å²) in [4.78, 5) is 10.7. The largest absolute Gasteiger partial charge is 0.336 e. The summed E-state index contributed by atoms with van der Waals surface area (Å²) in [5.41, 5.74) is 46.7. The van der Waals surface area contributed by atoms with Gasteiger partial charge in [-0.15, -0.1) is 0 Å². The van der Waals surface area contributed by atoms with Gasteiger partial charge in [-0.3, -0.25) is 0 Å². The second-order valence-electron chi connectivity index (χ2n) is 52.4. The molecule has 12 aromatic rings. The third-order valence-electron chi connectivity index (χ3n) is 34.5. The van der Waals surface area contributed by atoms with Crippen molar-refractivity contribution in [3.63, 3.8) is 0 Å². The first kappa shape index (κ1) is 98.6. The maximum atomic E-state index is 2.75. The lowest BCUT2D eigenvalue weighted by Crippen LogP contribution is -2.40. The highest BCUT2D eigenvalue weighted by Gasteiger charge is 2.47. The van der Waals surface area contributed by atoms with Crippen LogP contribution in [0.25, 0.3) is 44.5 Å². The van der Waals surface area contributed by atoms with Crippen molar-refractivity contribution in [3.05, 3.63) is 332 Å². The van der Waals surface area contributed by atoms with Crippen LogP contribution in [0, 0.1) is 0 Å². The molecule has 0 unspecified atom stereocenters. The van der Waals surface area contributed by atoms with Crippen molar-refractivity contribution in [1.29, 1.82) is 0 Å². The van der Waals surface area contributed by atoms with Gasteiger partial charge in [0, 0.05) is 89.3 Å². The van der Waals surface area contributed by atoms with Gasteiger partial charge in [-0.25, -0.2) is 0 Å². The van der Waals surface area contributed by atoms with Gasteiger partial charge in [-0.05, 0) is 389 Å². The average molecular weight is 1860 g/mol. The summed E-state index contributed by atoms with van der Waals surface area (Å²) in [7, 11) is 0. The number of hydrogen-bond acceptors (Lipinski definition) is 4. The Hall–Kier alpha value is -10.2. The third-order valence-corrected chi connectivity index (χ3v) is 34.5. The van der Waals surface area contributed by atoms with E-state index >= 15 is 0 Å². The van der Waals surface area contributed by atoms with Gasteiger partial charge in [0.1, 0.15) is 0 Å². The molecule has 0 N–H and O–H groups in total. The zero-order valence-corrected chi connectivity index (χ0v) is 90.9. The second kappa shape index (κ2) is 37.2. The van der Waals surface area contributed by atoms with Crippen LogP contribution in [0.2, 0.25) is 0 Å². The molecule has 0 saturated heterocycles. The molecule has 0 aromatic heterocycles. The fourth-order valence-electron chi connectivity index (χ4n) is 27.3. The topological polar surface area (TPSA) is 13.0 Å². The lowest BCUT2D eigenvalue weighted by atomic mass is 9.77. The molecular weight excluding hydrogens is 1690 g/mol. The Balaban J connectivity index is 0.000000119. The van der Waals surface area contributed by atoms with Crippen LogP contribution in [0.15, 0.2) is 243 Å². The summed E-state index contributed by atoms with van der Waals surface area (Å²) in [5, 5.41) is 0. The molecule has 4 nitrogen and oxygen atoms in total. The minimum atomic E-state index is -0.0940. The molecule has 10 aliphatic carbocycles. The van der Waals surface area contributed by atoms with Crippen LogP contribution in [0.4, 0.5) is 45.5 Å². The number of hydrogen-bond donors (Lipinski definition) is 0. The highest BCUT2D eigenvalue weighted by Crippen LogP contribution is 2.63. The molecular formula is C136H168N4. The Bertz CT molecular complexity index is 6570. The monoisotopic (exact) mass is 1860 g/mol. The van der Waals surface area contributed by atoms with E-state index in [1.54, 1.807) is 27.8 Å². The van der Waals surface area contributed by atoms with Gasteiger partial charge in [0.25, 0.3) is 0 Å². The van der Waals surface area contributed by atoms with E-state index in [2.05, 4.69) is 442 Å². The molecule has 22 rings (SSSR count). The molecule has 10 aliphatic rings. The predicted octanol–water partition coefficient (Wildman–Crippen LogP) is 39.5. The minimum absolute atomic E-state index is 0.000333. The van der Waals surface area contributed by atoms with Crippen molar-refractivity contribution >= 4 is 45.5 Å². The Labute approximate surface area is 846 Å². The first-order valence-electron chi connectivity index (χ1n) is 55.1. The van der Waals surface area contributed by atoms with Gasteiger partial charge >= 0.3 is 0 Å². The zero-order valence-electron chi connectivity index (χ0n) is 90.9. The average Bonchev–Trinajstić information content (AvgIpc) is 1.57. The fourth-order valence-corrected chi connectivity index (χ4v) is 27.3. The number of nitrogens with zero attached hydrogens (tertiary/aromatic N) is 4. The lowest BCUT2D eigenvalue weighted by Gasteiger charge is -2.43. The molecule has 12 aromatic carbocycles. The molecule has 6 saturated carbocycles. The van der Waals surface area contributed by atoms with E-state index in [4.69, 9.17) is 0 Å². The SMILES string of the molecule is CC(C)(C)c1ccccc1N(c1cc2c(cc1C(C)(C)C)C(C)(C)c1ccccc1-2)C(C)(C)C.CC1(C)c2ccccc2-c2cc(N(c3ccccc3C3CC3)C(C)(C)C)c(C3CC3)cc21.CC1(C)c2ccccc2-c2cc(N(c3ccccc3C3CCCC3)C(C)(C)C)c(C3CCCC3)cc21.CC1(C)c2ccccc2-c2cc(N(c3ccccc3C3CCCCC3)C(C)(C)C)c(C3CCCCC3)cc21. The van der Waals surface area contributed by atoms with Crippen LogP contribution < -0.4 is 19.6 Å². The standard InChI is InChI=1S/C37H47N.C35H43N.C33H43N.C31H35N/c1-36(2,3)38(34-23-15-13-20-28(34)26-16-8-6-9-17-26)35-25-31-29-21-12-14-22-32(29)37(4,5)33(31)24-30(35)27-18-10-7-11-19-27;1-34(2,3)36(32-21-13-11-18-26(32)24-14-6-7-15-24)33-23-29-27-19-10-12-20-30(27)35(4,5)31(29)22-28(33)25-16-8-9-17-25;1-30(2,3)25-18-14-15-19-28(25)34(32(7,8)9)29-20-23-22-16-12-13-17-24(22)33(10,11)26(23)21-27(29)31(4,5)6;1-30(2,3)32(28-13-9-7-10-22(28)20-14-15-20)29-19-25-23-11-6-8-12-26(23)31(4,5)27(25)18-24(29)21-16-17-21/h12-15,20-27H,6-11,16-19H2,1-5H3;10-13,18-25H,6-9,14-17H2,1-5H3;12-21H,1-11H3;6-13,18-21H,14-17H2,1-5H3. The molecule has 0 bridgehead atoms. The maximum absolute atomic E-state index is 2.75. The number of rotatable bonds is 14. The normalized spacial score (nSPS) is 18.4. The fraction of sp³-hybridized carbons (Fsp3) is 0.471. The van der Waals surface area contributed by atoms with Crippen molar-refractivity contribution in [1.82, 2.24) is 0 Å². The van der Waals surface area contributed by atoms with Crippen LogP contribution in [0.5, 0.6) is 0 Å². The Morgan fingerprint density at radius 1 is 0.179 bits per heavy atom. The maximum Gasteiger partial charge on any atom is 0.0460 e. The first-order valence-corrected chi connectivity index (χ1v) is 55.1. The van der Waals surface area contributed by atoms with E-state index in [1.165, 1.54) is 292 Å². The quantitative estimate of drug-likeness (QED) is 0.108. The van der Waals surface area contributed by atoms with Gasteiger partial charge < -0.3 is 19.6 Å². The van der Waals surface area contributed by atoms with Crippen molar-refractivity contribution in [3.8, 4) is 44.5 Å². The molecule has 0 spiro atoms. The van der Waals surface area contributed by atoms with E-state index in [9.17, 15) is 0 Å². The van der Waals surface area contributed by atoms with Crippen molar-refractivity contribution in [2.45, 2.75) is 411 Å². The molecule has 0 aliphatic heterocycles. The highest BCUT2D eigenvalue weighted by molar-refractivity contribution is 5.92. The van der Waals surface area contributed by atoms with Crippen LogP contribution in [0.3, 0.4) is 0 Å². The van der Waals surface area contributed by atoms with Crippen LogP contribution in [-0.2, 0) is 32.5 Å². The Morgan fingerprint density at radius 3 is 0.671 bits per heavy atom. The van der Waals surface area contributed by atoms with Crippen molar-refractivity contribution in [2.75, 3.05) is 19.6 Å². The molecule has 732 valence electrons. The van der Waals surface area contributed by atoms with E-state index in [1.807, 2.05) is 0 Å². The van der Waals surface area contributed by atoms with Crippen LogP contribution in [-0.4, -0.2) is 22.2 Å². The number of anilines is 8. The molecule has 6 fully saturated rings. The van der Waals surface area contributed by atoms with E-state index in [0.717, 1.165) is 5.92 Å². The molecule has 0 atom stereocenters. The van der Waals surface area contributed by atoms with Gasteiger partial charge in [0.15, 0.2) is 0 Å².